The predicted octanol–water partition coefficient (Wildman–Crippen LogP) is 3.71. The van der Waals surface area contributed by atoms with Gasteiger partial charge in [-0.1, -0.05) is 23.4 Å². The third kappa shape index (κ3) is 3.34. The Bertz CT molecular complexity index is 891. The summed E-state index contributed by atoms with van der Waals surface area (Å²) in [5, 5.41) is 8.98. The van der Waals surface area contributed by atoms with Crippen molar-refractivity contribution in [2.24, 2.45) is 0 Å². The van der Waals surface area contributed by atoms with E-state index in [9.17, 15) is 18.0 Å². The van der Waals surface area contributed by atoms with E-state index in [0.717, 1.165) is 24.9 Å². The molecule has 10 heteroatoms. The monoisotopic (exact) mass is 375 g/mol. The summed E-state index contributed by atoms with van der Waals surface area (Å²) < 4.78 is 44.4. The van der Waals surface area contributed by atoms with Gasteiger partial charge in [-0.25, -0.2) is 4.98 Å². The lowest BCUT2D eigenvalue weighted by atomic mass is 10.0. The molecular formula is C14H9ClF3N3O2S. The van der Waals surface area contributed by atoms with E-state index in [2.05, 4.69) is 9.97 Å². The zero-order chi connectivity index (χ0) is 18.1. The quantitative estimate of drug-likeness (QED) is 0.653. The lowest BCUT2D eigenvalue weighted by molar-refractivity contribution is -0.138. The minimum atomic E-state index is -4.73. The molecule has 0 unspecified atom stereocenters. The highest BCUT2D eigenvalue weighted by molar-refractivity contribution is 7.98. The van der Waals surface area contributed by atoms with Gasteiger partial charge in [-0.2, -0.15) is 18.4 Å². The summed E-state index contributed by atoms with van der Waals surface area (Å²) in [5.74, 6) is -0.540. The number of aromatic nitrogens is 2. The number of aromatic amines is 1. The molecule has 24 heavy (non-hydrogen) atoms. The van der Waals surface area contributed by atoms with Crippen LogP contribution in [0.2, 0.25) is 5.02 Å². The molecule has 0 saturated heterocycles. The number of halogens is 4. The van der Waals surface area contributed by atoms with Crippen LogP contribution in [-0.2, 0) is 6.18 Å². The van der Waals surface area contributed by atoms with E-state index >= 15 is 0 Å². The lowest BCUT2D eigenvalue weighted by Gasteiger charge is -2.15. The number of H-pyrrole nitrogens is 1. The van der Waals surface area contributed by atoms with Gasteiger partial charge in [0.25, 0.3) is 5.56 Å². The summed E-state index contributed by atoms with van der Waals surface area (Å²) in [6.45, 7) is 0. The second-order valence-corrected chi connectivity index (χ2v) is 5.65. The summed E-state index contributed by atoms with van der Waals surface area (Å²) in [6, 6.07) is 3.57. The Balaban J connectivity index is 2.84. The largest absolute Gasteiger partial charge is 0.495 e. The van der Waals surface area contributed by atoms with E-state index in [1.54, 1.807) is 12.3 Å². The fourth-order valence-corrected chi connectivity index (χ4v) is 2.68. The number of hydrogen-bond acceptors (Lipinski definition) is 5. The van der Waals surface area contributed by atoms with Gasteiger partial charge in [0.2, 0.25) is 0 Å². The highest BCUT2D eigenvalue weighted by Gasteiger charge is 2.36. The van der Waals surface area contributed by atoms with Crippen LogP contribution in [0, 0.1) is 11.3 Å². The van der Waals surface area contributed by atoms with Crippen LogP contribution in [0.4, 0.5) is 13.2 Å². The summed E-state index contributed by atoms with van der Waals surface area (Å²) in [6.07, 6.45) is -3.11. The van der Waals surface area contributed by atoms with Gasteiger partial charge in [-0.15, -0.1) is 0 Å². The summed E-state index contributed by atoms with van der Waals surface area (Å²) in [4.78, 5) is 18.3. The Hall–Kier alpha value is -2.18. The molecule has 0 amide bonds. The zero-order valence-electron chi connectivity index (χ0n) is 12.3. The van der Waals surface area contributed by atoms with Crippen molar-refractivity contribution >= 4 is 23.4 Å². The molecule has 0 bridgehead atoms. The van der Waals surface area contributed by atoms with Gasteiger partial charge in [-0.3, -0.25) is 4.79 Å². The maximum Gasteiger partial charge on any atom is 0.420 e. The van der Waals surface area contributed by atoms with Crippen LogP contribution in [-0.4, -0.2) is 23.3 Å². The number of methoxy groups -OCH3 is 1. The molecule has 0 radical (unpaired) electrons. The Morgan fingerprint density at radius 1 is 1.42 bits per heavy atom. The third-order valence-electron chi connectivity index (χ3n) is 3.03. The molecule has 0 aliphatic heterocycles. The third-order valence-corrected chi connectivity index (χ3v) is 3.89. The number of alkyl halides is 3. The van der Waals surface area contributed by atoms with E-state index in [4.69, 9.17) is 21.6 Å². The van der Waals surface area contributed by atoms with Crippen molar-refractivity contribution in [3.63, 3.8) is 0 Å². The second-order valence-electron chi connectivity index (χ2n) is 4.45. The predicted molar refractivity (Wildman–Crippen MR) is 83.4 cm³/mol. The molecule has 0 aliphatic carbocycles. The first kappa shape index (κ1) is 18.2. The van der Waals surface area contributed by atoms with Crippen LogP contribution in [0.5, 0.6) is 5.75 Å². The molecule has 1 N–H and O–H groups in total. The van der Waals surface area contributed by atoms with Gasteiger partial charge in [0.1, 0.15) is 17.4 Å². The van der Waals surface area contributed by atoms with Crippen LogP contribution in [0.1, 0.15) is 11.1 Å². The number of rotatable bonds is 3. The SMILES string of the molecule is COc1c(Cl)cc(-c2nc(SC)[nH]c(=O)c2C#N)cc1C(F)(F)F. The maximum atomic E-state index is 13.2. The molecule has 0 aliphatic rings. The van der Waals surface area contributed by atoms with E-state index in [-0.39, 0.29) is 21.4 Å². The van der Waals surface area contributed by atoms with Crippen LogP contribution in [0.25, 0.3) is 11.3 Å². The molecule has 1 aromatic carbocycles. The first-order valence-corrected chi connectivity index (χ1v) is 7.86. The number of hydrogen-bond donors (Lipinski definition) is 1. The lowest BCUT2D eigenvalue weighted by Crippen LogP contribution is -2.15. The molecular weight excluding hydrogens is 367 g/mol. The Labute approximate surface area is 143 Å². The number of ether oxygens (including phenoxy) is 1. The normalized spacial score (nSPS) is 11.2. The Morgan fingerprint density at radius 2 is 2.08 bits per heavy atom. The fourth-order valence-electron chi connectivity index (χ4n) is 2.01. The van der Waals surface area contributed by atoms with Gasteiger partial charge in [0, 0.05) is 5.56 Å². The van der Waals surface area contributed by atoms with E-state index in [1.807, 2.05) is 0 Å². The van der Waals surface area contributed by atoms with Crippen LogP contribution < -0.4 is 10.3 Å². The van der Waals surface area contributed by atoms with Gasteiger partial charge < -0.3 is 9.72 Å². The number of benzene rings is 1. The first-order valence-electron chi connectivity index (χ1n) is 6.26. The van der Waals surface area contributed by atoms with Crippen molar-refractivity contribution in [2.75, 3.05) is 13.4 Å². The van der Waals surface area contributed by atoms with Crippen molar-refractivity contribution in [3.05, 3.63) is 38.6 Å². The first-order chi connectivity index (χ1) is 11.2. The van der Waals surface area contributed by atoms with Crippen molar-refractivity contribution in [3.8, 4) is 23.1 Å². The van der Waals surface area contributed by atoms with Crippen LogP contribution in [0.15, 0.2) is 22.1 Å². The van der Waals surface area contributed by atoms with Gasteiger partial charge in [-0.05, 0) is 18.4 Å². The topological polar surface area (TPSA) is 78.8 Å². The minimum Gasteiger partial charge on any atom is -0.495 e. The highest BCUT2D eigenvalue weighted by Crippen LogP contribution is 2.43. The van der Waals surface area contributed by atoms with Crippen molar-refractivity contribution in [1.82, 2.24) is 9.97 Å². The molecule has 2 rings (SSSR count). The van der Waals surface area contributed by atoms with E-state index in [1.165, 1.54) is 6.07 Å². The van der Waals surface area contributed by atoms with E-state index in [0.29, 0.717) is 0 Å². The number of nitrogens with one attached hydrogen (secondary N) is 1. The molecule has 1 heterocycles. The molecule has 0 fully saturated rings. The van der Waals surface area contributed by atoms with Crippen molar-refractivity contribution in [2.45, 2.75) is 11.3 Å². The van der Waals surface area contributed by atoms with Crippen LogP contribution in [0.3, 0.4) is 0 Å². The second kappa shape index (κ2) is 6.75. The number of thioether (sulfide) groups is 1. The molecule has 2 aromatic rings. The number of nitriles is 1. The average Bonchev–Trinajstić information content (AvgIpc) is 2.52. The zero-order valence-corrected chi connectivity index (χ0v) is 13.9. The highest BCUT2D eigenvalue weighted by atomic mass is 35.5. The minimum absolute atomic E-state index is 0.105. The van der Waals surface area contributed by atoms with E-state index < -0.39 is 28.6 Å². The van der Waals surface area contributed by atoms with Gasteiger partial charge >= 0.3 is 6.18 Å². The molecule has 5 nitrogen and oxygen atoms in total. The van der Waals surface area contributed by atoms with Crippen molar-refractivity contribution < 1.29 is 17.9 Å². The van der Waals surface area contributed by atoms with Crippen molar-refractivity contribution in [1.29, 1.82) is 5.26 Å². The fraction of sp³-hybridized carbons (Fsp3) is 0.214. The Kier molecular flexibility index (Phi) is 5.11. The summed E-state index contributed by atoms with van der Waals surface area (Å²) >= 11 is 6.95. The molecule has 0 spiro atoms. The van der Waals surface area contributed by atoms with Gasteiger partial charge in [0.05, 0.1) is 23.4 Å². The summed E-state index contributed by atoms with van der Waals surface area (Å²) in [5.41, 5.74) is -2.55. The molecule has 1 aromatic heterocycles. The smallest absolute Gasteiger partial charge is 0.420 e. The molecule has 0 saturated carbocycles. The Morgan fingerprint density at radius 3 is 2.58 bits per heavy atom. The molecule has 126 valence electrons. The number of nitrogens with zero attached hydrogens (tertiary/aromatic N) is 2. The summed E-state index contributed by atoms with van der Waals surface area (Å²) in [7, 11) is 1.06. The standard InChI is InChI=1S/C14H9ClF3N3O2S/c1-23-11-8(14(16,17)18)3-6(4-9(11)15)10-7(5-19)12(22)21-13(20-10)24-2/h3-4H,1-2H3,(H,20,21,22). The molecule has 0 atom stereocenters. The van der Waals surface area contributed by atoms with Gasteiger partial charge in [0.15, 0.2) is 5.16 Å². The average molecular weight is 376 g/mol. The van der Waals surface area contributed by atoms with Crippen LogP contribution >= 0.6 is 23.4 Å². The maximum absolute atomic E-state index is 13.2.